The lowest BCUT2D eigenvalue weighted by Gasteiger charge is -2.10. The van der Waals surface area contributed by atoms with Crippen molar-refractivity contribution in [1.29, 1.82) is 0 Å². The number of rotatable bonds is 6. The molecule has 0 unspecified atom stereocenters. The monoisotopic (exact) mass is 678 g/mol. The molecule has 5 heteroatoms. The molecule has 10 aromatic rings. The van der Waals surface area contributed by atoms with Crippen molar-refractivity contribution in [2.45, 2.75) is 0 Å². The first-order valence-electron chi connectivity index (χ1n) is 17.6. The maximum Gasteiger partial charge on any atom is 0.164 e. The third-order valence-electron chi connectivity index (χ3n) is 9.79. The highest BCUT2D eigenvalue weighted by Crippen LogP contribution is 2.37. The molecule has 0 aliphatic heterocycles. The predicted octanol–water partition coefficient (Wildman–Crippen LogP) is 12.3. The number of benzene rings is 7. The summed E-state index contributed by atoms with van der Waals surface area (Å²) in [4.78, 5) is 19.4. The lowest BCUT2D eigenvalue weighted by atomic mass is 9.98. The molecule has 0 radical (unpaired) electrons. The first-order valence-corrected chi connectivity index (χ1v) is 17.6. The minimum atomic E-state index is 0.636. The van der Waals surface area contributed by atoms with Crippen LogP contribution in [0.1, 0.15) is 0 Å². The van der Waals surface area contributed by atoms with Crippen LogP contribution in [0.4, 0.5) is 0 Å². The molecule has 10 rings (SSSR count). The molecule has 0 bridgehead atoms. The highest BCUT2D eigenvalue weighted by atomic mass is 16.3. The summed E-state index contributed by atoms with van der Waals surface area (Å²) in [5.74, 6) is 1.93. The lowest BCUT2D eigenvalue weighted by Crippen LogP contribution is -2.00. The second-order valence-corrected chi connectivity index (χ2v) is 13.1. The molecule has 0 atom stereocenters. The normalized spacial score (nSPS) is 11.4. The fraction of sp³-hybridized carbons (Fsp3) is 0. The average Bonchev–Trinajstić information content (AvgIpc) is 3.63. The van der Waals surface area contributed by atoms with Gasteiger partial charge in [-0.1, -0.05) is 152 Å². The molecule has 3 heterocycles. The van der Waals surface area contributed by atoms with Gasteiger partial charge < -0.3 is 4.42 Å². The van der Waals surface area contributed by atoms with Gasteiger partial charge in [0, 0.05) is 50.2 Å². The number of hydrogen-bond acceptors (Lipinski definition) is 5. The third-order valence-corrected chi connectivity index (χ3v) is 9.79. The van der Waals surface area contributed by atoms with Crippen molar-refractivity contribution in [2.75, 3.05) is 0 Å². The van der Waals surface area contributed by atoms with Crippen LogP contribution in [-0.2, 0) is 0 Å². The quantitative estimate of drug-likeness (QED) is 0.175. The van der Waals surface area contributed by atoms with Gasteiger partial charge in [-0.2, -0.15) is 0 Å². The number of para-hydroxylation sites is 2. The maximum atomic E-state index is 6.30. The summed E-state index contributed by atoms with van der Waals surface area (Å²) in [7, 11) is 0. The topological polar surface area (TPSA) is 64.7 Å². The Labute approximate surface area is 305 Å². The minimum absolute atomic E-state index is 0.636. The molecule has 0 saturated heterocycles. The van der Waals surface area contributed by atoms with Crippen molar-refractivity contribution in [3.05, 3.63) is 182 Å². The molecule has 0 amide bonds. The first kappa shape index (κ1) is 30.6. The standard InChI is InChI=1S/C48H30N4O/c1-3-10-34(11-4-1)46-50-47(35-12-5-2-6-13-35)52-48(51-46)36-24-20-31(21-25-36)37-26-27-43-38(28-37)29-39(30-49-43)32-18-22-33(23-19-32)40-15-9-16-42-41-14-7-8-17-44(41)53-45(40)42/h1-30H. The summed E-state index contributed by atoms with van der Waals surface area (Å²) < 4.78 is 6.30. The van der Waals surface area contributed by atoms with Gasteiger partial charge in [-0.25, -0.2) is 15.0 Å². The molecule has 0 aliphatic carbocycles. The zero-order chi connectivity index (χ0) is 35.1. The van der Waals surface area contributed by atoms with Crippen molar-refractivity contribution < 1.29 is 4.42 Å². The van der Waals surface area contributed by atoms with E-state index in [2.05, 4.69) is 103 Å². The third kappa shape index (κ3) is 5.71. The van der Waals surface area contributed by atoms with Crippen LogP contribution < -0.4 is 0 Å². The minimum Gasteiger partial charge on any atom is -0.455 e. The van der Waals surface area contributed by atoms with Crippen LogP contribution in [0.5, 0.6) is 0 Å². The smallest absolute Gasteiger partial charge is 0.164 e. The van der Waals surface area contributed by atoms with Crippen molar-refractivity contribution in [3.63, 3.8) is 0 Å². The van der Waals surface area contributed by atoms with Gasteiger partial charge in [0.15, 0.2) is 17.5 Å². The Balaban J connectivity index is 0.951. The van der Waals surface area contributed by atoms with Gasteiger partial charge in [-0.05, 0) is 46.5 Å². The fourth-order valence-corrected chi connectivity index (χ4v) is 7.04. The molecule has 0 aliphatic rings. The van der Waals surface area contributed by atoms with Crippen LogP contribution in [0.3, 0.4) is 0 Å². The Kier molecular flexibility index (Phi) is 7.40. The summed E-state index contributed by atoms with van der Waals surface area (Å²) in [5, 5.41) is 3.35. The number of hydrogen-bond donors (Lipinski definition) is 0. The van der Waals surface area contributed by atoms with Crippen LogP contribution in [0.25, 0.3) is 100 Å². The van der Waals surface area contributed by atoms with Gasteiger partial charge in [0.05, 0.1) is 5.52 Å². The van der Waals surface area contributed by atoms with E-state index < -0.39 is 0 Å². The molecular formula is C48H30N4O. The molecule has 3 aromatic heterocycles. The van der Waals surface area contributed by atoms with Gasteiger partial charge in [0.25, 0.3) is 0 Å². The predicted molar refractivity (Wildman–Crippen MR) is 215 cm³/mol. The summed E-state index contributed by atoms with van der Waals surface area (Å²) in [5.41, 5.74) is 12.2. The molecule has 5 nitrogen and oxygen atoms in total. The first-order chi connectivity index (χ1) is 26.2. The highest BCUT2D eigenvalue weighted by molar-refractivity contribution is 6.09. The highest BCUT2D eigenvalue weighted by Gasteiger charge is 2.14. The number of fused-ring (bicyclic) bond motifs is 4. The zero-order valence-electron chi connectivity index (χ0n) is 28.5. The van der Waals surface area contributed by atoms with E-state index in [0.717, 1.165) is 82.9 Å². The van der Waals surface area contributed by atoms with Crippen LogP contribution in [0.2, 0.25) is 0 Å². The number of pyridine rings is 1. The van der Waals surface area contributed by atoms with Gasteiger partial charge >= 0.3 is 0 Å². The summed E-state index contributed by atoms with van der Waals surface area (Å²) in [6.45, 7) is 0. The molecule has 248 valence electrons. The van der Waals surface area contributed by atoms with E-state index in [1.54, 1.807) is 0 Å². The van der Waals surface area contributed by atoms with E-state index >= 15 is 0 Å². The molecular weight excluding hydrogens is 649 g/mol. The van der Waals surface area contributed by atoms with Crippen molar-refractivity contribution in [2.24, 2.45) is 0 Å². The van der Waals surface area contributed by atoms with E-state index in [1.807, 2.05) is 79.0 Å². The molecule has 7 aromatic carbocycles. The number of aromatic nitrogens is 4. The second-order valence-electron chi connectivity index (χ2n) is 13.1. The van der Waals surface area contributed by atoms with Crippen LogP contribution >= 0.6 is 0 Å². The van der Waals surface area contributed by atoms with Crippen molar-refractivity contribution in [3.8, 4) is 67.5 Å². The molecule has 53 heavy (non-hydrogen) atoms. The van der Waals surface area contributed by atoms with Gasteiger partial charge in [0.2, 0.25) is 0 Å². The Hall–Kier alpha value is -7.24. The van der Waals surface area contributed by atoms with E-state index in [1.165, 1.54) is 0 Å². The Morgan fingerprint density at radius 3 is 1.55 bits per heavy atom. The van der Waals surface area contributed by atoms with Crippen LogP contribution in [-0.4, -0.2) is 19.9 Å². The summed E-state index contributed by atoms with van der Waals surface area (Å²) >= 11 is 0. The van der Waals surface area contributed by atoms with Gasteiger partial charge in [0.1, 0.15) is 11.2 Å². The van der Waals surface area contributed by atoms with E-state index in [0.29, 0.717) is 17.5 Å². The SMILES string of the molecule is c1ccc(-c2nc(-c3ccccc3)nc(-c3ccc(-c4ccc5ncc(-c6ccc(-c7cccc8c7oc7ccccc78)cc6)cc5c4)cc3)n2)cc1. The molecule has 0 N–H and O–H groups in total. The largest absolute Gasteiger partial charge is 0.455 e. The average molecular weight is 679 g/mol. The van der Waals surface area contributed by atoms with Gasteiger partial charge in [-0.3, -0.25) is 4.98 Å². The fourth-order valence-electron chi connectivity index (χ4n) is 7.04. The summed E-state index contributed by atoms with van der Waals surface area (Å²) in [6.07, 6.45) is 1.95. The van der Waals surface area contributed by atoms with Crippen molar-refractivity contribution >= 4 is 32.8 Å². The Morgan fingerprint density at radius 1 is 0.358 bits per heavy atom. The van der Waals surface area contributed by atoms with Crippen LogP contribution in [0, 0.1) is 0 Å². The Morgan fingerprint density at radius 2 is 0.868 bits per heavy atom. The van der Waals surface area contributed by atoms with E-state index in [9.17, 15) is 0 Å². The molecule has 0 fully saturated rings. The van der Waals surface area contributed by atoms with E-state index in [-0.39, 0.29) is 0 Å². The molecule has 0 spiro atoms. The summed E-state index contributed by atoms with van der Waals surface area (Å²) in [6, 6.07) is 60.4. The zero-order valence-corrected chi connectivity index (χ0v) is 28.5. The lowest BCUT2D eigenvalue weighted by molar-refractivity contribution is 0.670. The van der Waals surface area contributed by atoms with Crippen LogP contribution in [0.15, 0.2) is 187 Å². The van der Waals surface area contributed by atoms with Gasteiger partial charge in [-0.15, -0.1) is 0 Å². The van der Waals surface area contributed by atoms with E-state index in [4.69, 9.17) is 24.4 Å². The maximum absolute atomic E-state index is 6.30. The Bertz CT molecular complexity index is 2860. The number of nitrogens with zero attached hydrogens (tertiary/aromatic N) is 4. The second kappa shape index (κ2) is 12.8. The molecule has 0 saturated carbocycles. The number of furan rings is 1. The van der Waals surface area contributed by atoms with Crippen molar-refractivity contribution in [1.82, 2.24) is 19.9 Å².